The van der Waals surface area contributed by atoms with Gasteiger partial charge in [-0.05, 0) is 19.3 Å². The molecule has 4 heteroatoms. The summed E-state index contributed by atoms with van der Waals surface area (Å²) in [7, 11) is 1.36. The topological polar surface area (TPSA) is 50.1 Å². The van der Waals surface area contributed by atoms with Gasteiger partial charge in [0.2, 0.25) is 0 Å². The first kappa shape index (κ1) is 10.1. The Bertz CT molecular complexity index is 290. The fraction of sp³-hybridized carbons (Fsp3) is 0.556. The van der Waals surface area contributed by atoms with E-state index in [0.717, 1.165) is 0 Å². The standard InChI is InChI=1S/C9H10ClNO2/c1-13-9(12)6-2-3-8(10)7(4-6)5-11/h6H,2-4H2,1H3. The van der Waals surface area contributed by atoms with Crippen LogP contribution in [0.1, 0.15) is 19.3 Å². The zero-order valence-electron chi connectivity index (χ0n) is 7.34. The third-order valence-corrected chi connectivity index (χ3v) is 2.58. The van der Waals surface area contributed by atoms with Gasteiger partial charge < -0.3 is 4.74 Å². The van der Waals surface area contributed by atoms with E-state index in [1.54, 1.807) is 0 Å². The number of nitrogens with zero attached hydrogens (tertiary/aromatic N) is 1. The Morgan fingerprint density at radius 2 is 2.46 bits per heavy atom. The first-order valence-electron chi connectivity index (χ1n) is 4.04. The lowest BCUT2D eigenvalue weighted by Crippen LogP contribution is -2.19. The van der Waals surface area contributed by atoms with Crippen LogP contribution in [0.4, 0.5) is 0 Å². The van der Waals surface area contributed by atoms with E-state index in [0.29, 0.717) is 29.9 Å². The number of methoxy groups -OCH3 is 1. The summed E-state index contributed by atoms with van der Waals surface area (Å²) in [6.07, 6.45) is 1.70. The van der Waals surface area contributed by atoms with E-state index in [-0.39, 0.29) is 11.9 Å². The van der Waals surface area contributed by atoms with Gasteiger partial charge in [-0.1, -0.05) is 11.6 Å². The molecule has 0 bridgehead atoms. The molecule has 0 saturated heterocycles. The summed E-state index contributed by atoms with van der Waals surface area (Å²) in [6.45, 7) is 0. The maximum atomic E-state index is 11.1. The van der Waals surface area contributed by atoms with Crippen LogP contribution in [0.3, 0.4) is 0 Å². The number of carbonyl (C=O) groups excluding carboxylic acids is 1. The van der Waals surface area contributed by atoms with E-state index < -0.39 is 0 Å². The van der Waals surface area contributed by atoms with Crippen LogP contribution in [0.5, 0.6) is 0 Å². The second-order valence-electron chi connectivity index (χ2n) is 2.96. The molecule has 70 valence electrons. The largest absolute Gasteiger partial charge is 0.469 e. The second kappa shape index (κ2) is 4.29. The van der Waals surface area contributed by atoms with Gasteiger partial charge in [0.25, 0.3) is 0 Å². The molecule has 0 fully saturated rings. The van der Waals surface area contributed by atoms with Gasteiger partial charge in [0.05, 0.1) is 19.1 Å². The normalized spacial score (nSPS) is 22.4. The predicted octanol–water partition coefficient (Wildman–Crippen LogP) is 1.98. The molecular weight excluding hydrogens is 190 g/mol. The van der Waals surface area contributed by atoms with Crippen molar-refractivity contribution < 1.29 is 9.53 Å². The molecule has 3 nitrogen and oxygen atoms in total. The smallest absolute Gasteiger partial charge is 0.309 e. The van der Waals surface area contributed by atoms with Gasteiger partial charge in [-0.15, -0.1) is 0 Å². The van der Waals surface area contributed by atoms with Crippen molar-refractivity contribution in [3.63, 3.8) is 0 Å². The average Bonchev–Trinajstić information content (AvgIpc) is 2.17. The zero-order chi connectivity index (χ0) is 9.84. The molecule has 0 spiro atoms. The molecule has 0 aromatic rings. The molecule has 0 aliphatic heterocycles. The van der Waals surface area contributed by atoms with Gasteiger partial charge in [0, 0.05) is 10.6 Å². The Hall–Kier alpha value is -1.01. The number of halogens is 1. The first-order valence-corrected chi connectivity index (χ1v) is 4.42. The fourth-order valence-electron chi connectivity index (χ4n) is 1.39. The third-order valence-electron chi connectivity index (χ3n) is 2.16. The van der Waals surface area contributed by atoms with Crippen molar-refractivity contribution in [2.24, 2.45) is 5.92 Å². The molecule has 0 aromatic carbocycles. The summed E-state index contributed by atoms with van der Waals surface area (Å²) in [5, 5.41) is 9.28. The molecule has 1 aliphatic rings. The van der Waals surface area contributed by atoms with Crippen molar-refractivity contribution in [3.8, 4) is 6.07 Å². The summed E-state index contributed by atoms with van der Waals surface area (Å²) in [6, 6.07) is 2.00. The van der Waals surface area contributed by atoms with Gasteiger partial charge in [-0.2, -0.15) is 5.26 Å². The van der Waals surface area contributed by atoms with Crippen molar-refractivity contribution in [1.82, 2.24) is 0 Å². The Morgan fingerprint density at radius 1 is 1.77 bits per heavy atom. The molecule has 1 unspecified atom stereocenters. The Balaban J connectivity index is 2.71. The highest BCUT2D eigenvalue weighted by Gasteiger charge is 2.26. The van der Waals surface area contributed by atoms with Gasteiger partial charge in [-0.3, -0.25) is 4.79 Å². The van der Waals surface area contributed by atoms with Gasteiger partial charge >= 0.3 is 5.97 Å². The quantitative estimate of drug-likeness (QED) is 0.607. The van der Waals surface area contributed by atoms with E-state index in [9.17, 15) is 4.79 Å². The Morgan fingerprint density at radius 3 is 3.00 bits per heavy atom. The van der Waals surface area contributed by atoms with E-state index in [4.69, 9.17) is 16.9 Å². The Labute approximate surface area is 81.9 Å². The monoisotopic (exact) mass is 199 g/mol. The van der Waals surface area contributed by atoms with Crippen molar-refractivity contribution in [2.75, 3.05) is 7.11 Å². The molecule has 13 heavy (non-hydrogen) atoms. The summed E-state index contributed by atoms with van der Waals surface area (Å²) in [5.74, 6) is -0.445. The van der Waals surface area contributed by atoms with Gasteiger partial charge in [0.15, 0.2) is 0 Å². The number of allylic oxidation sites excluding steroid dienone is 2. The number of hydrogen-bond acceptors (Lipinski definition) is 3. The molecule has 0 saturated carbocycles. The summed E-state index contributed by atoms with van der Waals surface area (Å²) >= 11 is 5.80. The van der Waals surface area contributed by atoms with E-state index in [1.807, 2.05) is 6.07 Å². The molecule has 1 rings (SSSR count). The van der Waals surface area contributed by atoms with Crippen LogP contribution in [0.15, 0.2) is 10.6 Å². The highest BCUT2D eigenvalue weighted by molar-refractivity contribution is 6.30. The molecule has 0 amide bonds. The highest BCUT2D eigenvalue weighted by atomic mass is 35.5. The van der Waals surface area contributed by atoms with Crippen LogP contribution in [0.2, 0.25) is 0 Å². The predicted molar refractivity (Wildman–Crippen MR) is 47.8 cm³/mol. The number of esters is 1. The SMILES string of the molecule is COC(=O)C1CCC(Cl)=C(C#N)C1. The first-order chi connectivity index (χ1) is 6.19. The van der Waals surface area contributed by atoms with Crippen molar-refractivity contribution in [1.29, 1.82) is 5.26 Å². The molecule has 0 aromatic heterocycles. The number of ether oxygens (including phenoxy) is 1. The molecule has 0 heterocycles. The number of hydrogen-bond donors (Lipinski definition) is 0. The number of nitriles is 1. The molecule has 0 radical (unpaired) electrons. The van der Waals surface area contributed by atoms with Gasteiger partial charge in [0.1, 0.15) is 0 Å². The fourth-order valence-corrected chi connectivity index (χ4v) is 1.61. The van der Waals surface area contributed by atoms with E-state index in [2.05, 4.69) is 4.74 Å². The lowest BCUT2D eigenvalue weighted by molar-refractivity contribution is -0.145. The second-order valence-corrected chi connectivity index (χ2v) is 3.41. The van der Waals surface area contributed by atoms with Crippen molar-refractivity contribution >= 4 is 17.6 Å². The number of rotatable bonds is 1. The molecule has 1 atom stereocenters. The summed E-state index contributed by atoms with van der Waals surface area (Å²) < 4.78 is 4.60. The van der Waals surface area contributed by atoms with Crippen LogP contribution in [-0.4, -0.2) is 13.1 Å². The Kier molecular flexibility index (Phi) is 3.32. The average molecular weight is 200 g/mol. The zero-order valence-corrected chi connectivity index (χ0v) is 8.10. The minimum atomic E-state index is -0.253. The summed E-state index contributed by atoms with van der Waals surface area (Å²) in [4.78, 5) is 11.1. The van der Waals surface area contributed by atoms with E-state index >= 15 is 0 Å². The van der Waals surface area contributed by atoms with Crippen LogP contribution in [-0.2, 0) is 9.53 Å². The lowest BCUT2D eigenvalue weighted by atomic mass is 9.89. The van der Waals surface area contributed by atoms with Crippen LogP contribution >= 0.6 is 11.6 Å². The number of carbonyl (C=O) groups is 1. The van der Waals surface area contributed by atoms with E-state index in [1.165, 1.54) is 7.11 Å². The van der Waals surface area contributed by atoms with Crippen LogP contribution < -0.4 is 0 Å². The maximum Gasteiger partial charge on any atom is 0.309 e. The minimum absolute atomic E-state index is 0.192. The third kappa shape index (κ3) is 2.22. The molecular formula is C9H10ClNO2. The summed E-state index contributed by atoms with van der Waals surface area (Å²) in [5.41, 5.74) is 0.517. The van der Waals surface area contributed by atoms with Crippen LogP contribution in [0.25, 0.3) is 0 Å². The van der Waals surface area contributed by atoms with Crippen molar-refractivity contribution in [3.05, 3.63) is 10.6 Å². The minimum Gasteiger partial charge on any atom is -0.469 e. The molecule has 0 N–H and O–H groups in total. The lowest BCUT2D eigenvalue weighted by Gasteiger charge is -2.19. The van der Waals surface area contributed by atoms with Crippen molar-refractivity contribution in [2.45, 2.75) is 19.3 Å². The van der Waals surface area contributed by atoms with Crippen LogP contribution in [0, 0.1) is 17.2 Å². The van der Waals surface area contributed by atoms with Gasteiger partial charge in [-0.25, -0.2) is 0 Å². The maximum absolute atomic E-state index is 11.1. The highest BCUT2D eigenvalue weighted by Crippen LogP contribution is 2.31. The molecule has 1 aliphatic carbocycles.